The van der Waals surface area contributed by atoms with E-state index in [0.29, 0.717) is 0 Å². The van der Waals surface area contributed by atoms with E-state index in [1.807, 2.05) is 36.7 Å². The molecule has 132 valence electrons. The highest BCUT2D eigenvalue weighted by Gasteiger charge is 2.26. The third-order valence-electron chi connectivity index (χ3n) is 5.09. The number of benzene rings is 2. The van der Waals surface area contributed by atoms with Crippen LogP contribution in [0.1, 0.15) is 0 Å². The summed E-state index contributed by atoms with van der Waals surface area (Å²) in [6.07, 6.45) is 3.70. The molecule has 0 aliphatic carbocycles. The Hall–Kier alpha value is -3.04. The van der Waals surface area contributed by atoms with Gasteiger partial charge in [0.2, 0.25) is 0 Å². The second-order valence-electron chi connectivity index (χ2n) is 7.22. The lowest BCUT2D eigenvalue weighted by Crippen LogP contribution is -2.52. The molecule has 2 heterocycles. The Morgan fingerprint density at radius 2 is 1.04 bits per heavy atom. The molecule has 4 rings (SSSR count). The van der Waals surface area contributed by atoms with Gasteiger partial charge < -0.3 is 0 Å². The van der Waals surface area contributed by atoms with E-state index in [1.165, 1.54) is 21.5 Å². The molecule has 0 spiro atoms. The monoisotopic (exact) mass is 366 g/mol. The fourth-order valence-electron chi connectivity index (χ4n) is 3.37. The Morgan fingerprint density at radius 1 is 0.556 bits per heavy atom. The van der Waals surface area contributed by atoms with Gasteiger partial charge in [0.05, 0.1) is 11.4 Å². The zero-order valence-corrected chi connectivity index (χ0v) is 16.6. The summed E-state index contributed by atoms with van der Waals surface area (Å²) in [4.78, 5) is 9.01. The van der Waals surface area contributed by atoms with Crippen molar-refractivity contribution in [1.82, 2.24) is 9.97 Å². The number of rotatable bonds is 4. The molecule has 2 aromatic carbocycles. The molecule has 2 aromatic heterocycles. The lowest BCUT2D eigenvalue weighted by molar-refractivity contribution is 1.33. The molecule has 4 aromatic rings. The van der Waals surface area contributed by atoms with Crippen LogP contribution in [0.2, 0.25) is 13.1 Å². The van der Waals surface area contributed by atoms with Gasteiger partial charge in [-0.1, -0.05) is 84.1 Å². The number of nitrogens with zero attached hydrogens (tertiary/aromatic N) is 2. The van der Waals surface area contributed by atoms with E-state index in [-0.39, 0.29) is 0 Å². The molecule has 0 unspecified atom stereocenters. The quantitative estimate of drug-likeness (QED) is 0.492. The molecule has 0 N–H and O–H groups in total. The minimum absolute atomic E-state index is 1.02. The molecule has 0 amide bonds. The zero-order chi connectivity index (χ0) is 18.7. The van der Waals surface area contributed by atoms with Crippen molar-refractivity contribution in [2.75, 3.05) is 0 Å². The van der Waals surface area contributed by atoms with Crippen LogP contribution in [0, 0.1) is 0 Å². The van der Waals surface area contributed by atoms with E-state index in [9.17, 15) is 0 Å². The first kappa shape index (κ1) is 17.4. The number of aromatic nitrogens is 2. The lowest BCUT2D eigenvalue weighted by Gasteiger charge is -2.25. The van der Waals surface area contributed by atoms with Gasteiger partial charge in [0.1, 0.15) is 8.07 Å². The first-order chi connectivity index (χ1) is 13.1. The van der Waals surface area contributed by atoms with Gasteiger partial charge >= 0.3 is 0 Å². The van der Waals surface area contributed by atoms with Crippen LogP contribution in [0.15, 0.2) is 97.3 Å². The van der Waals surface area contributed by atoms with E-state index in [0.717, 1.165) is 11.4 Å². The smallest absolute Gasteiger partial charge is 0.112 e. The van der Waals surface area contributed by atoms with Gasteiger partial charge in [0.25, 0.3) is 0 Å². The van der Waals surface area contributed by atoms with Crippen molar-refractivity contribution in [3.8, 4) is 22.5 Å². The summed E-state index contributed by atoms with van der Waals surface area (Å²) >= 11 is 0. The van der Waals surface area contributed by atoms with Crippen LogP contribution >= 0.6 is 0 Å². The van der Waals surface area contributed by atoms with Gasteiger partial charge in [-0.25, -0.2) is 0 Å². The Labute approximate surface area is 161 Å². The summed E-state index contributed by atoms with van der Waals surface area (Å²) in [5, 5.41) is 2.81. The summed E-state index contributed by atoms with van der Waals surface area (Å²) in [7, 11) is -1.84. The molecule has 0 fully saturated rings. The van der Waals surface area contributed by atoms with E-state index < -0.39 is 8.07 Å². The molecular weight excluding hydrogens is 344 g/mol. The highest BCUT2D eigenvalue weighted by molar-refractivity contribution is 7.00. The Morgan fingerprint density at radius 3 is 1.44 bits per heavy atom. The molecule has 0 aliphatic heterocycles. The van der Waals surface area contributed by atoms with Crippen LogP contribution in [-0.4, -0.2) is 18.0 Å². The Bertz CT molecular complexity index is 959. The third-order valence-corrected chi connectivity index (χ3v) is 8.60. The summed E-state index contributed by atoms with van der Waals surface area (Å²) in [6.45, 7) is 4.81. The molecule has 0 saturated heterocycles. The molecule has 0 atom stereocenters. The molecule has 2 nitrogen and oxygen atoms in total. The van der Waals surface area contributed by atoms with Gasteiger partial charge in [-0.15, -0.1) is 0 Å². The van der Waals surface area contributed by atoms with E-state index >= 15 is 0 Å². The predicted octanol–water partition coefficient (Wildman–Crippen LogP) is 4.63. The lowest BCUT2D eigenvalue weighted by atomic mass is 10.1. The zero-order valence-electron chi connectivity index (χ0n) is 15.6. The summed E-state index contributed by atoms with van der Waals surface area (Å²) in [6, 6.07) is 29.8. The summed E-state index contributed by atoms with van der Waals surface area (Å²) in [5.74, 6) is 0. The van der Waals surface area contributed by atoms with Crippen molar-refractivity contribution in [3.05, 3.63) is 97.3 Å². The molecule has 0 aliphatic rings. The topological polar surface area (TPSA) is 25.8 Å². The van der Waals surface area contributed by atoms with Gasteiger partial charge in [-0.3, -0.25) is 9.97 Å². The molecule has 0 saturated carbocycles. The van der Waals surface area contributed by atoms with Crippen molar-refractivity contribution in [3.63, 3.8) is 0 Å². The average molecular weight is 367 g/mol. The third kappa shape index (κ3) is 3.60. The highest BCUT2D eigenvalue weighted by Crippen LogP contribution is 2.19. The fourth-order valence-corrected chi connectivity index (χ4v) is 5.76. The predicted molar refractivity (Wildman–Crippen MR) is 116 cm³/mol. The van der Waals surface area contributed by atoms with Crippen molar-refractivity contribution in [2.24, 2.45) is 0 Å². The van der Waals surface area contributed by atoms with Crippen LogP contribution in [0.3, 0.4) is 0 Å². The second-order valence-corrected chi connectivity index (χ2v) is 11.6. The first-order valence-electron chi connectivity index (χ1n) is 9.18. The van der Waals surface area contributed by atoms with Crippen molar-refractivity contribution in [2.45, 2.75) is 13.1 Å². The Kier molecular flexibility index (Phi) is 4.69. The molecule has 0 radical (unpaired) electrons. The standard InChI is InChI=1S/C24H22N2Si/c1-27(2,21-11-7-9-19(17-21)23-13-3-5-15-25-23)22-12-8-10-20(18-22)24-14-4-6-16-26-24/h3-18H,1-2H3. The van der Waals surface area contributed by atoms with Gasteiger partial charge in [0.15, 0.2) is 0 Å². The Balaban J connectivity index is 1.74. The second kappa shape index (κ2) is 7.29. The molecular formula is C24H22N2Si. The van der Waals surface area contributed by atoms with Gasteiger partial charge in [0, 0.05) is 12.4 Å². The van der Waals surface area contributed by atoms with E-state index in [2.05, 4.69) is 83.7 Å². The summed E-state index contributed by atoms with van der Waals surface area (Å²) < 4.78 is 0. The number of pyridine rings is 2. The number of hydrogen-bond acceptors (Lipinski definition) is 2. The average Bonchev–Trinajstić information content (AvgIpc) is 2.75. The van der Waals surface area contributed by atoms with Gasteiger partial charge in [-0.2, -0.15) is 0 Å². The fraction of sp³-hybridized carbons (Fsp3) is 0.0833. The molecule has 3 heteroatoms. The minimum Gasteiger partial charge on any atom is -0.256 e. The maximum atomic E-state index is 4.51. The molecule has 27 heavy (non-hydrogen) atoms. The van der Waals surface area contributed by atoms with Crippen molar-refractivity contribution >= 4 is 18.4 Å². The normalized spacial score (nSPS) is 11.3. The SMILES string of the molecule is C[Si](C)(c1cccc(-c2ccccn2)c1)c1cccc(-c2ccccn2)c1. The largest absolute Gasteiger partial charge is 0.256 e. The van der Waals surface area contributed by atoms with Crippen LogP contribution in [0.5, 0.6) is 0 Å². The highest BCUT2D eigenvalue weighted by atomic mass is 28.3. The maximum absolute atomic E-state index is 4.51. The van der Waals surface area contributed by atoms with Crippen LogP contribution in [0.4, 0.5) is 0 Å². The first-order valence-corrected chi connectivity index (χ1v) is 12.2. The van der Waals surface area contributed by atoms with Crippen LogP contribution < -0.4 is 10.4 Å². The van der Waals surface area contributed by atoms with Crippen LogP contribution in [-0.2, 0) is 0 Å². The van der Waals surface area contributed by atoms with Crippen molar-refractivity contribution in [1.29, 1.82) is 0 Å². The summed E-state index contributed by atoms with van der Waals surface area (Å²) in [5.41, 5.74) is 4.39. The molecule has 0 bridgehead atoms. The minimum atomic E-state index is -1.84. The van der Waals surface area contributed by atoms with Crippen LogP contribution in [0.25, 0.3) is 22.5 Å². The van der Waals surface area contributed by atoms with Crippen molar-refractivity contribution < 1.29 is 0 Å². The van der Waals surface area contributed by atoms with E-state index in [4.69, 9.17) is 0 Å². The number of hydrogen-bond donors (Lipinski definition) is 0. The van der Waals surface area contributed by atoms with E-state index in [1.54, 1.807) is 0 Å². The van der Waals surface area contributed by atoms with Gasteiger partial charge in [-0.05, 0) is 35.4 Å². The maximum Gasteiger partial charge on any atom is 0.112 e.